The van der Waals surface area contributed by atoms with Crippen molar-refractivity contribution in [2.75, 3.05) is 0 Å². The fourth-order valence-corrected chi connectivity index (χ4v) is 3.31. The molecule has 1 unspecified atom stereocenters. The predicted octanol–water partition coefficient (Wildman–Crippen LogP) is 4.81. The number of hydrogen-bond acceptors (Lipinski definition) is 2. The van der Waals surface area contributed by atoms with E-state index in [1.165, 1.54) is 6.20 Å². The third-order valence-electron chi connectivity index (χ3n) is 4.65. The van der Waals surface area contributed by atoms with Gasteiger partial charge in [0.25, 0.3) is 0 Å². The first kappa shape index (κ1) is 16.2. The lowest BCUT2D eigenvalue weighted by Gasteiger charge is -2.21. The van der Waals surface area contributed by atoms with Crippen LogP contribution in [-0.2, 0) is 0 Å². The summed E-state index contributed by atoms with van der Waals surface area (Å²) >= 11 is 0. The maximum atomic E-state index is 12.0. The van der Waals surface area contributed by atoms with Crippen LogP contribution in [0.15, 0.2) is 96.0 Å². The van der Waals surface area contributed by atoms with Crippen molar-refractivity contribution < 1.29 is 5.11 Å². The van der Waals surface area contributed by atoms with Crippen LogP contribution in [0.25, 0.3) is 16.8 Å². The second-order valence-electron chi connectivity index (χ2n) is 6.39. The van der Waals surface area contributed by atoms with Crippen molar-refractivity contribution in [2.45, 2.75) is 12.3 Å². The summed E-state index contributed by atoms with van der Waals surface area (Å²) in [6.45, 7) is 0. The maximum absolute atomic E-state index is 12.0. The van der Waals surface area contributed by atoms with E-state index in [0.29, 0.717) is 0 Å². The number of pyridine rings is 1. The Bertz CT molecular complexity index is 1050. The molecule has 128 valence electrons. The Morgan fingerprint density at radius 3 is 2.50 bits per heavy atom. The Kier molecular flexibility index (Phi) is 4.28. The minimum Gasteiger partial charge on any atom is -0.503 e. The highest BCUT2D eigenvalue weighted by Gasteiger charge is 2.16. The molecule has 1 N–H and O–H groups in total. The molecule has 4 rings (SSSR count). The van der Waals surface area contributed by atoms with E-state index in [1.54, 1.807) is 6.07 Å². The molecule has 0 amide bonds. The standard InChI is InChI=1S/C23H19NO2/c25-22-15-21(18-10-5-2-6-11-18)24(16-23(22)26)20-13-7-12-19(14-20)17-8-3-1-4-9-17/h1-10,12-16,18,26H,11H2. The lowest BCUT2D eigenvalue weighted by Crippen LogP contribution is -2.14. The van der Waals surface area contributed by atoms with Gasteiger partial charge in [0.05, 0.1) is 6.20 Å². The average molecular weight is 341 g/mol. The molecule has 3 aromatic rings. The largest absolute Gasteiger partial charge is 0.503 e. The Balaban J connectivity index is 1.85. The molecule has 1 aliphatic rings. The van der Waals surface area contributed by atoms with Gasteiger partial charge in [0, 0.05) is 23.4 Å². The summed E-state index contributed by atoms with van der Waals surface area (Å²) in [5.74, 6) is -0.136. The molecule has 1 heterocycles. The molecular weight excluding hydrogens is 322 g/mol. The van der Waals surface area contributed by atoms with E-state index in [1.807, 2.05) is 47.1 Å². The number of benzene rings is 2. The molecule has 1 atom stereocenters. The van der Waals surface area contributed by atoms with E-state index in [0.717, 1.165) is 28.9 Å². The smallest absolute Gasteiger partial charge is 0.223 e. The molecule has 0 spiro atoms. The molecule has 0 saturated carbocycles. The molecular formula is C23H19NO2. The highest BCUT2D eigenvalue weighted by atomic mass is 16.3. The van der Waals surface area contributed by atoms with E-state index >= 15 is 0 Å². The van der Waals surface area contributed by atoms with Crippen LogP contribution in [0.4, 0.5) is 0 Å². The van der Waals surface area contributed by atoms with Crippen LogP contribution in [0.3, 0.4) is 0 Å². The van der Waals surface area contributed by atoms with E-state index in [4.69, 9.17) is 0 Å². The Hall–Kier alpha value is -3.33. The summed E-state index contributed by atoms with van der Waals surface area (Å²) < 4.78 is 1.91. The predicted molar refractivity (Wildman–Crippen MR) is 105 cm³/mol. The third-order valence-corrected chi connectivity index (χ3v) is 4.65. The quantitative estimate of drug-likeness (QED) is 0.743. The lowest BCUT2D eigenvalue weighted by molar-refractivity contribution is 0.464. The summed E-state index contributed by atoms with van der Waals surface area (Å²) in [5, 5.41) is 10.0. The SMILES string of the molecule is O=c1cc(C2C=CC=CC2)n(-c2cccc(-c3ccccc3)c2)cc1O. The highest BCUT2D eigenvalue weighted by Crippen LogP contribution is 2.29. The topological polar surface area (TPSA) is 42.2 Å². The van der Waals surface area contributed by atoms with Crippen molar-refractivity contribution >= 4 is 0 Å². The first-order valence-electron chi connectivity index (χ1n) is 8.67. The van der Waals surface area contributed by atoms with Gasteiger partial charge in [-0.1, -0.05) is 66.8 Å². The van der Waals surface area contributed by atoms with Gasteiger partial charge in [0.1, 0.15) is 0 Å². The van der Waals surface area contributed by atoms with Gasteiger partial charge in [-0.3, -0.25) is 4.79 Å². The zero-order chi connectivity index (χ0) is 17.9. The lowest BCUT2D eigenvalue weighted by atomic mass is 9.95. The fourth-order valence-electron chi connectivity index (χ4n) is 3.31. The van der Waals surface area contributed by atoms with Crippen molar-refractivity contribution in [2.24, 2.45) is 0 Å². The number of aromatic hydroxyl groups is 1. The second kappa shape index (κ2) is 6.89. The van der Waals surface area contributed by atoms with Crippen LogP contribution < -0.4 is 5.43 Å². The Morgan fingerprint density at radius 2 is 1.73 bits per heavy atom. The monoisotopic (exact) mass is 341 g/mol. The highest BCUT2D eigenvalue weighted by molar-refractivity contribution is 5.66. The molecule has 0 fully saturated rings. The molecule has 0 aliphatic heterocycles. The second-order valence-corrected chi connectivity index (χ2v) is 6.39. The third kappa shape index (κ3) is 3.11. The van der Waals surface area contributed by atoms with Gasteiger partial charge in [-0.2, -0.15) is 0 Å². The van der Waals surface area contributed by atoms with Crippen molar-refractivity contribution in [3.8, 4) is 22.6 Å². The van der Waals surface area contributed by atoms with Gasteiger partial charge in [-0.15, -0.1) is 0 Å². The first-order valence-corrected chi connectivity index (χ1v) is 8.67. The van der Waals surface area contributed by atoms with E-state index in [2.05, 4.69) is 36.4 Å². The fraction of sp³-hybridized carbons (Fsp3) is 0.0870. The molecule has 2 aromatic carbocycles. The number of aromatic nitrogens is 1. The van der Waals surface area contributed by atoms with Crippen LogP contribution in [0.5, 0.6) is 5.75 Å². The molecule has 3 nitrogen and oxygen atoms in total. The molecule has 0 bridgehead atoms. The summed E-state index contributed by atoms with van der Waals surface area (Å²) in [5.41, 5.74) is 3.66. The van der Waals surface area contributed by atoms with Gasteiger partial charge in [-0.05, 0) is 29.7 Å². The van der Waals surface area contributed by atoms with E-state index < -0.39 is 0 Å². The summed E-state index contributed by atoms with van der Waals surface area (Å²) in [6, 6.07) is 19.8. The number of hydrogen-bond donors (Lipinski definition) is 1. The van der Waals surface area contributed by atoms with Gasteiger partial charge in [-0.25, -0.2) is 0 Å². The minimum atomic E-state index is -0.349. The van der Waals surface area contributed by atoms with Gasteiger partial charge >= 0.3 is 0 Å². The van der Waals surface area contributed by atoms with Crippen LogP contribution in [-0.4, -0.2) is 9.67 Å². The molecule has 1 aliphatic carbocycles. The zero-order valence-corrected chi connectivity index (χ0v) is 14.2. The molecule has 3 heteroatoms. The van der Waals surface area contributed by atoms with Gasteiger partial charge < -0.3 is 9.67 Å². The maximum Gasteiger partial charge on any atom is 0.223 e. The van der Waals surface area contributed by atoms with Crippen molar-refractivity contribution in [3.05, 3.63) is 107 Å². The molecule has 0 saturated heterocycles. The van der Waals surface area contributed by atoms with E-state index in [-0.39, 0.29) is 17.1 Å². The first-order chi connectivity index (χ1) is 12.7. The number of rotatable bonds is 3. The Morgan fingerprint density at radius 1 is 0.923 bits per heavy atom. The van der Waals surface area contributed by atoms with E-state index in [9.17, 15) is 9.90 Å². The number of allylic oxidation sites excluding steroid dienone is 4. The summed E-state index contributed by atoms with van der Waals surface area (Å²) in [7, 11) is 0. The van der Waals surface area contributed by atoms with Gasteiger partial charge in [0.2, 0.25) is 5.43 Å². The minimum absolute atomic E-state index is 0.105. The number of nitrogens with zero attached hydrogens (tertiary/aromatic N) is 1. The molecule has 1 aromatic heterocycles. The zero-order valence-electron chi connectivity index (χ0n) is 14.2. The molecule has 26 heavy (non-hydrogen) atoms. The Labute approximate surface area is 152 Å². The van der Waals surface area contributed by atoms with Crippen LogP contribution in [0, 0.1) is 0 Å². The van der Waals surface area contributed by atoms with Crippen molar-refractivity contribution in [3.63, 3.8) is 0 Å². The van der Waals surface area contributed by atoms with Crippen molar-refractivity contribution in [1.29, 1.82) is 0 Å². The van der Waals surface area contributed by atoms with Gasteiger partial charge in [0.15, 0.2) is 5.75 Å². The molecule has 0 radical (unpaired) electrons. The normalized spacial score (nSPS) is 15.9. The van der Waals surface area contributed by atoms with Crippen LogP contribution in [0.1, 0.15) is 18.0 Å². The van der Waals surface area contributed by atoms with Crippen LogP contribution in [0.2, 0.25) is 0 Å². The average Bonchev–Trinajstić information content (AvgIpc) is 2.71. The van der Waals surface area contributed by atoms with Crippen LogP contribution >= 0.6 is 0 Å². The summed E-state index contributed by atoms with van der Waals surface area (Å²) in [6.07, 6.45) is 10.5. The summed E-state index contributed by atoms with van der Waals surface area (Å²) in [4.78, 5) is 12.0. The van der Waals surface area contributed by atoms with Crippen molar-refractivity contribution in [1.82, 2.24) is 4.57 Å².